The molecule has 2 heterocycles. The minimum Gasteiger partial charge on any atom is -0.461 e. The summed E-state index contributed by atoms with van der Waals surface area (Å²) in [7, 11) is 0. The second kappa shape index (κ2) is 14.1. The van der Waals surface area contributed by atoms with Gasteiger partial charge in [-0.25, -0.2) is 14.4 Å². The van der Waals surface area contributed by atoms with Crippen molar-refractivity contribution < 1.29 is 33.4 Å². The van der Waals surface area contributed by atoms with Gasteiger partial charge in [-0.15, -0.1) is 11.8 Å². The highest BCUT2D eigenvalue weighted by molar-refractivity contribution is 9.10. The molecule has 46 heavy (non-hydrogen) atoms. The molecule has 8 nitrogen and oxygen atoms in total. The van der Waals surface area contributed by atoms with E-state index in [2.05, 4.69) is 26.0 Å². The van der Waals surface area contributed by atoms with Crippen molar-refractivity contribution in [3.8, 4) is 0 Å². The number of benzene rings is 5. The van der Waals surface area contributed by atoms with E-state index in [1.807, 2.05) is 43.3 Å². The maximum absolute atomic E-state index is 12.2. The van der Waals surface area contributed by atoms with Gasteiger partial charge in [0.05, 0.1) is 16.7 Å². The third-order valence-corrected chi connectivity index (χ3v) is 9.00. The van der Waals surface area contributed by atoms with Crippen LogP contribution in [0.15, 0.2) is 94.3 Å². The van der Waals surface area contributed by atoms with Crippen molar-refractivity contribution in [3.05, 3.63) is 123 Å². The monoisotopic (exact) mass is 699 g/mol. The van der Waals surface area contributed by atoms with Crippen LogP contribution in [0.5, 0.6) is 0 Å². The Morgan fingerprint density at radius 1 is 0.739 bits per heavy atom. The van der Waals surface area contributed by atoms with Crippen LogP contribution < -0.4 is 5.32 Å². The highest BCUT2D eigenvalue weighted by atomic mass is 79.9. The summed E-state index contributed by atoms with van der Waals surface area (Å²) in [6.45, 7) is 2.14. The fourth-order valence-electron chi connectivity index (χ4n) is 5.19. The lowest BCUT2D eigenvalue weighted by Crippen LogP contribution is -2.34. The third kappa shape index (κ3) is 6.31. The fraction of sp³-hybridized carbons (Fsp3) is 0.139. The molecular formula is C36H30BrNO7S. The molecule has 0 spiro atoms. The standard InChI is InChI=1S/C22H17NO4S.C12H5BrO3.2CH4/c1-13-5-2-3-6-14(13)22(26)27-11-12-28-18-10-9-17-19-15(18)7-4-8-16(19)20(24)23-21(17)25;13-9-5-4-8-10-6(9)2-1-3-7(10)11(14)16-12(8)15;;/h2-10H,11-12H2,1H3,(H,23,24,25);1-5H;2*1H4. The van der Waals surface area contributed by atoms with E-state index >= 15 is 0 Å². The van der Waals surface area contributed by atoms with E-state index in [1.54, 1.807) is 48.5 Å². The third-order valence-electron chi connectivity index (χ3n) is 7.27. The Labute approximate surface area is 278 Å². The minimum atomic E-state index is -0.582. The van der Waals surface area contributed by atoms with Crippen LogP contribution in [0, 0.1) is 6.92 Å². The van der Waals surface area contributed by atoms with E-state index < -0.39 is 11.9 Å². The zero-order chi connectivity index (χ0) is 31.0. The molecule has 0 aromatic heterocycles. The first-order chi connectivity index (χ1) is 21.2. The molecule has 2 aliphatic rings. The molecule has 0 saturated heterocycles. The van der Waals surface area contributed by atoms with Gasteiger partial charge in [0.25, 0.3) is 11.8 Å². The van der Waals surface area contributed by atoms with Gasteiger partial charge in [-0.05, 0) is 65.7 Å². The molecule has 0 unspecified atom stereocenters. The zero-order valence-electron chi connectivity index (χ0n) is 23.1. The van der Waals surface area contributed by atoms with Crippen LogP contribution >= 0.6 is 27.7 Å². The van der Waals surface area contributed by atoms with E-state index in [0.29, 0.717) is 44.3 Å². The van der Waals surface area contributed by atoms with Crippen LogP contribution in [0.25, 0.3) is 21.5 Å². The van der Waals surface area contributed by atoms with Crippen LogP contribution in [-0.4, -0.2) is 42.1 Å². The van der Waals surface area contributed by atoms with Crippen LogP contribution in [-0.2, 0) is 9.47 Å². The number of hydrogen-bond donors (Lipinski definition) is 1. The van der Waals surface area contributed by atoms with E-state index in [-0.39, 0.29) is 39.2 Å². The summed E-state index contributed by atoms with van der Waals surface area (Å²) in [5, 5.41) is 5.40. The van der Waals surface area contributed by atoms with Crippen molar-refractivity contribution in [2.75, 3.05) is 12.4 Å². The summed E-state index contributed by atoms with van der Waals surface area (Å²) in [6.07, 6.45) is 0. The Balaban J connectivity index is 0.000000228. The van der Waals surface area contributed by atoms with Crippen molar-refractivity contribution in [1.29, 1.82) is 0 Å². The molecule has 5 aromatic rings. The SMILES string of the molecule is C.C.Cc1ccccc1C(=O)OCCSc1ccc2c3c(cccc13)C(=O)NC2=O.O=C1OC(=O)c2ccc(Br)c3cccc1c23. The second-order valence-electron chi connectivity index (χ2n) is 9.92. The number of esters is 3. The number of hydrogen-bond acceptors (Lipinski definition) is 8. The molecule has 0 atom stereocenters. The van der Waals surface area contributed by atoms with E-state index in [4.69, 9.17) is 4.74 Å². The maximum atomic E-state index is 12.2. The lowest BCUT2D eigenvalue weighted by molar-refractivity contribution is 0.0389. The van der Waals surface area contributed by atoms with Crippen LogP contribution in [0.3, 0.4) is 0 Å². The summed E-state index contributed by atoms with van der Waals surface area (Å²) in [5.41, 5.74) is 3.33. The van der Waals surface area contributed by atoms with E-state index in [9.17, 15) is 24.0 Å². The average molecular weight is 701 g/mol. The lowest BCUT2D eigenvalue weighted by Gasteiger charge is -2.18. The number of ether oxygens (including phenoxy) is 2. The van der Waals surface area contributed by atoms with Gasteiger partial charge in [0.1, 0.15) is 6.61 Å². The Morgan fingerprint density at radius 3 is 2.04 bits per heavy atom. The Bertz CT molecular complexity index is 2020. The van der Waals surface area contributed by atoms with Gasteiger partial charge in [-0.3, -0.25) is 14.9 Å². The number of amides is 2. The number of rotatable bonds is 5. The molecule has 0 aliphatic carbocycles. The minimum absolute atomic E-state index is 0. The molecule has 234 valence electrons. The van der Waals surface area contributed by atoms with Gasteiger partial charge in [-0.2, -0.15) is 0 Å². The van der Waals surface area contributed by atoms with Crippen molar-refractivity contribution in [2.24, 2.45) is 0 Å². The molecule has 1 N–H and O–H groups in total. The molecule has 2 aliphatic heterocycles. The second-order valence-corrected chi connectivity index (χ2v) is 11.9. The highest BCUT2D eigenvalue weighted by Gasteiger charge is 2.28. The predicted octanol–water partition coefficient (Wildman–Crippen LogP) is 8.17. The van der Waals surface area contributed by atoms with Gasteiger partial charge < -0.3 is 9.47 Å². The number of aryl methyl sites for hydroxylation is 1. The molecule has 2 amide bonds. The summed E-state index contributed by atoms with van der Waals surface area (Å²) in [4.78, 5) is 60.4. The predicted molar refractivity (Wildman–Crippen MR) is 183 cm³/mol. The quantitative estimate of drug-likeness (QED) is 0.0642. The van der Waals surface area contributed by atoms with Gasteiger partial charge in [0.15, 0.2) is 0 Å². The highest BCUT2D eigenvalue weighted by Crippen LogP contribution is 2.35. The van der Waals surface area contributed by atoms with Gasteiger partial charge in [0, 0.05) is 37.0 Å². The van der Waals surface area contributed by atoms with Gasteiger partial charge >= 0.3 is 17.9 Å². The first kappa shape index (κ1) is 34.1. The summed E-state index contributed by atoms with van der Waals surface area (Å²) in [5.74, 6) is -1.69. The number of carbonyl (C=O) groups is 5. The van der Waals surface area contributed by atoms with E-state index in [1.165, 1.54) is 11.8 Å². The first-order valence-corrected chi connectivity index (χ1v) is 15.3. The smallest absolute Gasteiger partial charge is 0.346 e. The van der Waals surface area contributed by atoms with Crippen molar-refractivity contribution in [1.82, 2.24) is 5.32 Å². The lowest BCUT2D eigenvalue weighted by atomic mass is 9.95. The molecule has 0 saturated carbocycles. The average Bonchev–Trinajstić information content (AvgIpc) is 3.02. The Kier molecular flexibility index (Phi) is 10.4. The molecule has 10 heteroatoms. The first-order valence-electron chi connectivity index (χ1n) is 13.5. The molecule has 7 rings (SSSR count). The molecule has 0 bridgehead atoms. The van der Waals surface area contributed by atoms with Gasteiger partial charge in [-0.1, -0.05) is 73.2 Å². The molecule has 0 radical (unpaired) electrons. The number of cyclic esters (lactones) is 2. The largest absolute Gasteiger partial charge is 0.461 e. The van der Waals surface area contributed by atoms with Crippen LogP contribution in [0.4, 0.5) is 0 Å². The number of thioether (sulfide) groups is 1. The normalized spacial score (nSPS) is 12.7. The summed E-state index contributed by atoms with van der Waals surface area (Å²) < 4.78 is 10.9. The number of halogens is 1. The van der Waals surface area contributed by atoms with Crippen LogP contribution in [0.2, 0.25) is 0 Å². The Morgan fingerprint density at radius 2 is 1.33 bits per heavy atom. The number of nitrogens with one attached hydrogen (secondary N) is 1. The molecular weight excluding hydrogens is 670 g/mol. The maximum Gasteiger partial charge on any atom is 0.346 e. The van der Waals surface area contributed by atoms with Gasteiger partial charge in [0.2, 0.25) is 0 Å². The van der Waals surface area contributed by atoms with Crippen molar-refractivity contribution in [3.63, 3.8) is 0 Å². The zero-order valence-corrected chi connectivity index (χ0v) is 25.5. The molecule has 5 aromatic carbocycles. The van der Waals surface area contributed by atoms with Crippen molar-refractivity contribution >= 4 is 79.0 Å². The Hall–Kier alpha value is -4.80. The summed E-state index contributed by atoms with van der Waals surface area (Å²) >= 11 is 4.92. The topological polar surface area (TPSA) is 116 Å². The van der Waals surface area contributed by atoms with Crippen LogP contribution in [0.1, 0.15) is 72.2 Å². The molecule has 0 fully saturated rings. The number of imide groups is 1. The number of carbonyl (C=O) groups excluding carboxylic acids is 5. The summed E-state index contributed by atoms with van der Waals surface area (Å²) in [6, 6.07) is 25.0. The fourth-order valence-corrected chi connectivity index (χ4v) is 6.53. The van der Waals surface area contributed by atoms with E-state index in [0.717, 1.165) is 25.7 Å². The van der Waals surface area contributed by atoms with Crippen molar-refractivity contribution in [2.45, 2.75) is 26.7 Å².